The Hall–Kier alpha value is -4.05. The summed E-state index contributed by atoms with van der Waals surface area (Å²) in [7, 11) is 5.29. The Bertz CT molecular complexity index is 1600. The Morgan fingerprint density at radius 3 is 2.64 bits per heavy atom. The number of carbonyl (C=O) groups excluding carboxylic acids is 2. The number of ether oxygens (including phenoxy) is 3. The van der Waals surface area contributed by atoms with E-state index in [2.05, 4.69) is 28.1 Å². The third-order valence-electron chi connectivity index (χ3n) is 7.59. The summed E-state index contributed by atoms with van der Waals surface area (Å²) in [6.45, 7) is 8.08. The molecule has 42 heavy (non-hydrogen) atoms. The number of amides is 2. The minimum absolute atomic E-state index is 0.138. The molecule has 0 spiro atoms. The van der Waals surface area contributed by atoms with Gasteiger partial charge in [-0.25, -0.2) is 9.78 Å². The van der Waals surface area contributed by atoms with Crippen molar-refractivity contribution < 1.29 is 23.8 Å². The predicted octanol–water partition coefficient (Wildman–Crippen LogP) is 5.37. The summed E-state index contributed by atoms with van der Waals surface area (Å²) in [4.78, 5) is 32.8. The van der Waals surface area contributed by atoms with Crippen molar-refractivity contribution in [2.75, 3.05) is 33.9 Å². The predicted molar refractivity (Wildman–Crippen MR) is 163 cm³/mol. The normalized spacial score (nSPS) is 15.8. The summed E-state index contributed by atoms with van der Waals surface area (Å²) in [6, 6.07) is 14.1. The Morgan fingerprint density at radius 1 is 1.12 bits per heavy atom. The van der Waals surface area contributed by atoms with Gasteiger partial charge < -0.3 is 33.6 Å². The molecule has 1 aliphatic heterocycles. The minimum atomic E-state index is -0.467. The summed E-state index contributed by atoms with van der Waals surface area (Å²) in [5.41, 5.74) is 3.72. The highest BCUT2D eigenvalue weighted by molar-refractivity contribution is 6.00. The second kappa shape index (κ2) is 12.1. The highest BCUT2D eigenvalue weighted by Crippen LogP contribution is 2.35. The number of hydrogen-bond donors (Lipinski definition) is 1. The lowest BCUT2D eigenvalue weighted by Gasteiger charge is -2.33. The SMILES string of the molecule is COCCCn1c(-c2nc3cc(C(=O)N4CCC[C@@H](OC(=O)NC(C)(C)C)C4)cc(OC)c3n2C)cc2ccccc21. The summed E-state index contributed by atoms with van der Waals surface area (Å²) < 4.78 is 21.1. The van der Waals surface area contributed by atoms with Crippen molar-refractivity contribution >= 4 is 33.9 Å². The number of aromatic nitrogens is 3. The van der Waals surface area contributed by atoms with E-state index in [1.54, 1.807) is 25.2 Å². The first-order valence-electron chi connectivity index (χ1n) is 14.5. The Labute approximate surface area is 246 Å². The first-order valence-corrected chi connectivity index (χ1v) is 14.5. The van der Waals surface area contributed by atoms with Crippen LogP contribution in [0.4, 0.5) is 4.79 Å². The fourth-order valence-corrected chi connectivity index (χ4v) is 5.71. The molecule has 1 atom stereocenters. The molecule has 0 bridgehead atoms. The molecule has 4 aromatic rings. The fourth-order valence-electron chi connectivity index (χ4n) is 5.71. The highest BCUT2D eigenvalue weighted by atomic mass is 16.6. The molecule has 2 amide bonds. The number of benzene rings is 2. The minimum Gasteiger partial charge on any atom is -0.494 e. The van der Waals surface area contributed by atoms with Crippen molar-refractivity contribution in [2.45, 2.75) is 58.2 Å². The summed E-state index contributed by atoms with van der Waals surface area (Å²) in [5, 5.41) is 3.96. The summed E-state index contributed by atoms with van der Waals surface area (Å²) in [5.74, 6) is 1.23. The van der Waals surface area contributed by atoms with Crippen LogP contribution < -0.4 is 10.1 Å². The summed E-state index contributed by atoms with van der Waals surface area (Å²) >= 11 is 0. The van der Waals surface area contributed by atoms with Crippen molar-refractivity contribution in [1.82, 2.24) is 24.3 Å². The largest absolute Gasteiger partial charge is 0.494 e. The lowest BCUT2D eigenvalue weighted by molar-refractivity contribution is 0.0322. The number of likely N-dealkylation sites (tertiary alicyclic amines) is 1. The van der Waals surface area contributed by atoms with Crippen LogP contribution in [0.15, 0.2) is 42.5 Å². The molecule has 0 saturated carbocycles. The topological polar surface area (TPSA) is 99.8 Å². The van der Waals surface area contributed by atoms with Gasteiger partial charge in [-0.3, -0.25) is 4.79 Å². The molecule has 5 rings (SSSR count). The van der Waals surface area contributed by atoms with Crippen molar-refractivity contribution in [1.29, 1.82) is 0 Å². The van der Waals surface area contributed by atoms with Crippen LogP contribution in [0.1, 0.15) is 50.4 Å². The van der Waals surface area contributed by atoms with E-state index in [4.69, 9.17) is 19.2 Å². The van der Waals surface area contributed by atoms with Crippen molar-refractivity contribution in [3.8, 4) is 17.3 Å². The molecular formula is C32H41N5O5. The van der Waals surface area contributed by atoms with E-state index in [1.165, 1.54) is 0 Å². The number of rotatable bonds is 8. The third kappa shape index (κ3) is 6.09. The third-order valence-corrected chi connectivity index (χ3v) is 7.59. The van der Waals surface area contributed by atoms with Crippen LogP contribution in [0.25, 0.3) is 33.5 Å². The van der Waals surface area contributed by atoms with Gasteiger partial charge in [-0.1, -0.05) is 18.2 Å². The molecular weight excluding hydrogens is 534 g/mol. The first kappa shape index (κ1) is 29.4. The number of hydrogen-bond acceptors (Lipinski definition) is 6. The Kier molecular flexibility index (Phi) is 8.45. The van der Waals surface area contributed by atoms with Gasteiger partial charge in [0, 0.05) is 55.9 Å². The maximum absolute atomic E-state index is 13.7. The van der Waals surface area contributed by atoms with Gasteiger partial charge in [0.1, 0.15) is 17.4 Å². The van der Waals surface area contributed by atoms with Gasteiger partial charge in [0.25, 0.3) is 5.91 Å². The molecule has 10 heteroatoms. The quantitative estimate of drug-likeness (QED) is 0.284. The molecule has 10 nitrogen and oxygen atoms in total. The fraction of sp³-hybridized carbons (Fsp3) is 0.469. The second-order valence-corrected chi connectivity index (χ2v) is 11.9. The number of fused-ring (bicyclic) bond motifs is 2. The number of piperidine rings is 1. The highest BCUT2D eigenvalue weighted by Gasteiger charge is 2.29. The van der Waals surface area contributed by atoms with Crippen LogP contribution in [0, 0.1) is 0 Å². The van der Waals surface area contributed by atoms with Gasteiger partial charge >= 0.3 is 6.09 Å². The second-order valence-electron chi connectivity index (χ2n) is 11.9. The van der Waals surface area contributed by atoms with Gasteiger partial charge in [-0.2, -0.15) is 0 Å². The zero-order valence-electron chi connectivity index (χ0n) is 25.4. The molecule has 224 valence electrons. The van der Waals surface area contributed by atoms with E-state index in [9.17, 15) is 9.59 Å². The van der Waals surface area contributed by atoms with Crippen molar-refractivity contribution in [2.24, 2.45) is 7.05 Å². The van der Waals surface area contributed by atoms with E-state index in [0.29, 0.717) is 42.9 Å². The van der Waals surface area contributed by atoms with Gasteiger partial charge in [0.05, 0.1) is 24.9 Å². The molecule has 2 aromatic heterocycles. The zero-order chi connectivity index (χ0) is 30.0. The maximum atomic E-state index is 13.7. The smallest absolute Gasteiger partial charge is 0.407 e. The zero-order valence-corrected chi connectivity index (χ0v) is 25.4. The van der Waals surface area contributed by atoms with Crippen LogP contribution in [0.5, 0.6) is 5.75 Å². The Morgan fingerprint density at radius 2 is 1.90 bits per heavy atom. The first-order chi connectivity index (χ1) is 20.1. The number of aryl methyl sites for hydroxylation is 2. The number of carbonyl (C=O) groups is 2. The van der Waals surface area contributed by atoms with E-state index < -0.39 is 11.6 Å². The monoisotopic (exact) mass is 575 g/mol. The molecule has 1 fully saturated rings. The standard InChI is InChI=1S/C32H41N5O5/c1-32(2,3)34-31(39)42-23-12-9-14-36(20-23)30(38)22-17-24-28(27(19-22)41-6)35(4)29(33-24)26-18-21-11-7-8-13-25(21)37(26)15-10-16-40-5/h7-8,11,13,17-19,23H,9-10,12,14-16,20H2,1-6H3,(H,34,39)/t23-/m1/s1. The van der Waals surface area contributed by atoms with Gasteiger partial charge in [0.15, 0.2) is 5.82 Å². The van der Waals surface area contributed by atoms with E-state index in [1.807, 2.05) is 50.6 Å². The van der Waals surface area contributed by atoms with Crippen LogP contribution >= 0.6 is 0 Å². The number of methoxy groups -OCH3 is 2. The van der Waals surface area contributed by atoms with Crippen LogP contribution in [-0.2, 0) is 23.1 Å². The average Bonchev–Trinajstić information content (AvgIpc) is 3.48. The van der Waals surface area contributed by atoms with Gasteiger partial charge in [-0.15, -0.1) is 0 Å². The number of alkyl carbamates (subject to hydrolysis) is 1. The van der Waals surface area contributed by atoms with Gasteiger partial charge in [0.2, 0.25) is 0 Å². The molecule has 0 aliphatic carbocycles. The van der Waals surface area contributed by atoms with Crippen LogP contribution in [0.2, 0.25) is 0 Å². The van der Waals surface area contributed by atoms with Crippen LogP contribution in [-0.4, -0.2) is 76.6 Å². The molecule has 1 N–H and O–H groups in total. The maximum Gasteiger partial charge on any atom is 0.407 e. The lowest BCUT2D eigenvalue weighted by atomic mass is 10.1. The van der Waals surface area contributed by atoms with Crippen molar-refractivity contribution in [3.63, 3.8) is 0 Å². The number of nitrogens with one attached hydrogen (secondary N) is 1. The lowest BCUT2D eigenvalue weighted by Crippen LogP contribution is -2.47. The van der Waals surface area contributed by atoms with Crippen LogP contribution in [0.3, 0.4) is 0 Å². The van der Waals surface area contributed by atoms with E-state index in [0.717, 1.165) is 47.3 Å². The molecule has 0 unspecified atom stereocenters. The van der Waals surface area contributed by atoms with E-state index >= 15 is 0 Å². The Balaban J connectivity index is 1.46. The average molecular weight is 576 g/mol. The molecule has 0 radical (unpaired) electrons. The van der Waals surface area contributed by atoms with Crippen molar-refractivity contribution in [3.05, 3.63) is 48.0 Å². The molecule has 1 aliphatic rings. The number of para-hydroxylation sites is 1. The summed E-state index contributed by atoms with van der Waals surface area (Å²) in [6.07, 6.45) is 1.50. The molecule has 1 saturated heterocycles. The molecule has 3 heterocycles. The van der Waals surface area contributed by atoms with E-state index in [-0.39, 0.29) is 12.0 Å². The number of imidazole rings is 1. The van der Waals surface area contributed by atoms with Gasteiger partial charge in [-0.05, 0) is 64.3 Å². The number of nitrogens with zero attached hydrogens (tertiary/aromatic N) is 4. The molecule has 2 aromatic carbocycles.